The summed E-state index contributed by atoms with van der Waals surface area (Å²) in [7, 11) is 3.56. The lowest BCUT2D eigenvalue weighted by Crippen LogP contribution is -2.07. The topological polar surface area (TPSA) is 50.6 Å². The zero-order valence-corrected chi connectivity index (χ0v) is 12.9. The summed E-state index contributed by atoms with van der Waals surface area (Å²) in [5, 5.41) is -0.403. The summed E-state index contributed by atoms with van der Waals surface area (Å²) >= 11 is 5.55. The average molecular weight is 345 g/mol. The maximum absolute atomic E-state index is 12.8. The highest BCUT2D eigenvalue weighted by Gasteiger charge is 2.33. The first kappa shape index (κ1) is 17.0. The Morgan fingerprint density at radius 3 is 2.65 bits per heavy atom. The molecule has 0 amide bonds. The molecule has 0 saturated carbocycles. The lowest BCUT2D eigenvalue weighted by atomic mass is 10.2. The fourth-order valence-electron chi connectivity index (χ4n) is 1.53. The molecule has 1 aromatic carbocycles. The van der Waals surface area contributed by atoms with E-state index >= 15 is 0 Å². The molecular formula is C14H12ClF3N4O. The molecule has 0 aliphatic carbocycles. The number of ether oxygens (including phenoxy) is 1. The lowest BCUT2D eigenvalue weighted by Gasteiger charge is -2.11. The largest absolute Gasteiger partial charge is 0.437 e. The van der Waals surface area contributed by atoms with Crippen LogP contribution in [0.3, 0.4) is 0 Å². The van der Waals surface area contributed by atoms with E-state index in [0.717, 1.165) is 12.1 Å². The number of rotatable bonds is 4. The van der Waals surface area contributed by atoms with Crippen LogP contribution in [0.15, 0.2) is 35.6 Å². The van der Waals surface area contributed by atoms with Crippen molar-refractivity contribution in [3.63, 3.8) is 0 Å². The molecule has 122 valence electrons. The lowest BCUT2D eigenvalue weighted by molar-refractivity contribution is -0.137. The Balaban J connectivity index is 2.24. The molecule has 0 aliphatic rings. The van der Waals surface area contributed by atoms with Gasteiger partial charge in [-0.1, -0.05) is 11.6 Å². The van der Waals surface area contributed by atoms with E-state index in [4.69, 9.17) is 16.3 Å². The van der Waals surface area contributed by atoms with E-state index in [-0.39, 0.29) is 17.4 Å². The van der Waals surface area contributed by atoms with Crippen molar-refractivity contribution in [2.24, 2.45) is 4.99 Å². The van der Waals surface area contributed by atoms with Crippen LogP contribution in [0, 0.1) is 0 Å². The van der Waals surface area contributed by atoms with Crippen LogP contribution in [0.4, 0.5) is 19.0 Å². The summed E-state index contributed by atoms with van der Waals surface area (Å²) in [4.78, 5) is 13.6. The summed E-state index contributed by atoms with van der Waals surface area (Å²) in [5.74, 6) is 0.236. The van der Waals surface area contributed by atoms with Gasteiger partial charge in [-0.25, -0.2) is 4.99 Å². The molecule has 0 aliphatic heterocycles. The maximum atomic E-state index is 12.8. The summed E-state index contributed by atoms with van der Waals surface area (Å²) in [5.41, 5.74) is -0.980. The van der Waals surface area contributed by atoms with Crippen molar-refractivity contribution in [1.29, 1.82) is 0 Å². The molecule has 2 aromatic rings. The van der Waals surface area contributed by atoms with Gasteiger partial charge in [0.1, 0.15) is 5.75 Å². The standard InChI is InChI=1S/C14H12ClF3N4O/c1-22(2)8-20-12-6-19-7-13(21-12)23-9-3-4-11(15)10(5-9)14(16,17)18/h3-8H,1-2H3. The number of aromatic nitrogens is 2. The van der Waals surface area contributed by atoms with Crippen molar-refractivity contribution in [2.75, 3.05) is 14.1 Å². The third kappa shape index (κ3) is 4.82. The molecule has 1 aromatic heterocycles. The monoisotopic (exact) mass is 344 g/mol. The van der Waals surface area contributed by atoms with Gasteiger partial charge in [0.05, 0.1) is 29.3 Å². The van der Waals surface area contributed by atoms with Crippen molar-refractivity contribution < 1.29 is 17.9 Å². The molecule has 0 spiro atoms. The number of nitrogens with zero attached hydrogens (tertiary/aromatic N) is 4. The summed E-state index contributed by atoms with van der Waals surface area (Å²) in [6.45, 7) is 0. The Bertz CT molecular complexity index is 719. The normalized spacial score (nSPS) is 11.7. The number of aliphatic imine (C=N–C) groups is 1. The average Bonchev–Trinajstić information content (AvgIpc) is 2.46. The van der Waals surface area contributed by atoms with Gasteiger partial charge < -0.3 is 9.64 Å². The molecule has 2 rings (SSSR count). The minimum Gasteiger partial charge on any atom is -0.437 e. The Hall–Kier alpha value is -2.35. The van der Waals surface area contributed by atoms with Gasteiger partial charge in [-0.15, -0.1) is 0 Å². The summed E-state index contributed by atoms with van der Waals surface area (Å²) < 4.78 is 43.7. The molecule has 23 heavy (non-hydrogen) atoms. The minimum absolute atomic E-state index is 0.0221. The van der Waals surface area contributed by atoms with E-state index in [9.17, 15) is 13.2 Å². The third-order valence-corrected chi connectivity index (χ3v) is 2.82. The van der Waals surface area contributed by atoms with Crippen LogP contribution in [-0.4, -0.2) is 35.3 Å². The molecule has 5 nitrogen and oxygen atoms in total. The van der Waals surface area contributed by atoms with Crippen molar-refractivity contribution in [1.82, 2.24) is 14.9 Å². The van der Waals surface area contributed by atoms with Gasteiger partial charge in [0.15, 0.2) is 5.82 Å². The minimum atomic E-state index is -4.57. The van der Waals surface area contributed by atoms with Gasteiger partial charge in [-0.3, -0.25) is 4.98 Å². The third-order valence-electron chi connectivity index (χ3n) is 2.49. The fourth-order valence-corrected chi connectivity index (χ4v) is 1.75. The van der Waals surface area contributed by atoms with Crippen LogP contribution in [0.5, 0.6) is 11.6 Å². The van der Waals surface area contributed by atoms with E-state index in [2.05, 4.69) is 15.0 Å². The predicted molar refractivity (Wildman–Crippen MR) is 80.4 cm³/mol. The van der Waals surface area contributed by atoms with E-state index in [1.54, 1.807) is 19.0 Å². The Morgan fingerprint density at radius 2 is 2.00 bits per heavy atom. The molecule has 9 heteroatoms. The summed E-state index contributed by atoms with van der Waals surface area (Å²) in [6.07, 6.45) is -0.385. The fraction of sp³-hybridized carbons (Fsp3) is 0.214. The second kappa shape index (κ2) is 6.82. The van der Waals surface area contributed by atoms with Crippen LogP contribution < -0.4 is 4.74 Å². The molecule has 0 bridgehead atoms. The second-order valence-electron chi connectivity index (χ2n) is 4.67. The van der Waals surface area contributed by atoms with Gasteiger partial charge in [0.25, 0.3) is 0 Å². The molecular weight excluding hydrogens is 333 g/mol. The van der Waals surface area contributed by atoms with Crippen molar-refractivity contribution in [3.05, 3.63) is 41.2 Å². The predicted octanol–water partition coefficient (Wildman–Crippen LogP) is 4.16. The smallest absolute Gasteiger partial charge is 0.417 e. The summed E-state index contributed by atoms with van der Waals surface area (Å²) in [6, 6.07) is 3.23. The highest BCUT2D eigenvalue weighted by atomic mass is 35.5. The molecule has 0 unspecified atom stereocenters. The number of hydrogen-bond acceptors (Lipinski definition) is 4. The van der Waals surface area contributed by atoms with Crippen LogP contribution >= 0.6 is 11.6 Å². The van der Waals surface area contributed by atoms with Gasteiger partial charge in [0, 0.05) is 14.1 Å². The van der Waals surface area contributed by atoms with E-state index in [1.807, 2.05) is 0 Å². The molecule has 0 radical (unpaired) electrons. The maximum Gasteiger partial charge on any atom is 0.417 e. The van der Waals surface area contributed by atoms with Crippen LogP contribution in [0.2, 0.25) is 5.02 Å². The SMILES string of the molecule is CN(C)C=Nc1cncc(Oc2ccc(Cl)c(C(F)(F)F)c2)n1. The number of benzene rings is 1. The molecule has 0 saturated heterocycles. The van der Waals surface area contributed by atoms with Crippen LogP contribution in [0.25, 0.3) is 0 Å². The quantitative estimate of drug-likeness (QED) is 0.617. The Kier molecular flexibility index (Phi) is 5.05. The number of alkyl halides is 3. The number of hydrogen-bond donors (Lipinski definition) is 0. The van der Waals surface area contributed by atoms with Gasteiger partial charge in [-0.2, -0.15) is 18.2 Å². The molecule has 1 heterocycles. The Morgan fingerprint density at radius 1 is 1.26 bits per heavy atom. The Labute approximate surface area is 135 Å². The van der Waals surface area contributed by atoms with Crippen LogP contribution in [0.1, 0.15) is 5.56 Å². The van der Waals surface area contributed by atoms with Crippen molar-refractivity contribution in [3.8, 4) is 11.6 Å². The van der Waals surface area contributed by atoms with Crippen molar-refractivity contribution in [2.45, 2.75) is 6.18 Å². The first-order valence-corrected chi connectivity index (χ1v) is 6.71. The highest BCUT2D eigenvalue weighted by Crippen LogP contribution is 2.37. The zero-order chi connectivity index (χ0) is 17.0. The zero-order valence-electron chi connectivity index (χ0n) is 12.2. The molecule has 0 atom stereocenters. The number of halogens is 4. The van der Waals surface area contributed by atoms with Gasteiger partial charge >= 0.3 is 6.18 Å². The first-order chi connectivity index (χ1) is 10.8. The second-order valence-corrected chi connectivity index (χ2v) is 5.07. The van der Waals surface area contributed by atoms with E-state index in [1.165, 1.54) is 24.8 Å². The molecule has 0 fully saturated rings. The van der Waals surface area contributed by atoms with Gasteiger partial charge in [-0.05, 0) is 18.2 Å². The van der Waals surface area contributed by atoms with E-state index in [0.29, 0.717) is 0 Å². The molecule has 0 N–H and O–H groups in total. The highest BCUT2D eigenvalue weighted by molar-refractivity contribution is 6.31. The van der Waals surface area contributed by atoms with E-state index < -0.39 is 16.8 Å². The first-order valence-electron chi connectivity index (χ1n) is 6.33. The van der Waals surface area contributed by atoms with Crippen LogP contribution in [-0.2, 0) is 6.18 Å². The van der Waals surface area contributed by atoms with Crippen molar-refractivity contribution >= 4 is 23.8 Å². The van der Waals surface area contributed by atoms with Gasteiger partial charge in [0.2, 0.25) is 5.88 Å².